The van der Waals surface area contributed by atoms with E-state index in [0.717, 1.165) is 16.7 Å². The van der Waals surface area contributed by atoms with Crippen LogP contribution in [0.2, 0.25) is 0 Å². The van der Waals surface area contributed by atoms with Crippen molar-refractivity contribution in [2.45, 2.75) is 39.3 Å². The van der Waals surface area contributed by atoms with Gasteiger partial charge in [0.25, 0.3) is 5.91 Å². The van der Waals surface area contributed by atoms with Gasteiger partial charge in [0.15, 0.2) is 6.10 Å². The van der Waals surface area contributed by atoms with Gasteiger partial charge in [0.2, 0.25) is 0 Å². The molecule has 7 heteroatoms. The van der Waals surface area contributed by atoms with Crippen LogP contribution in [0.15, 0.2) is 48.5 Å². The van der Waals surface area contributed by atoms with Gasteiger partial charge in [0.05, 0.1) is 0 Å². The third-order valence-electron chi connectivity index (χ3n) is 4.20. The topological polar surface area (TPSA) is 111 Å². The number of amides is 3. The van der Waals surface area contributed by atoms with Crippen molar-refractivity contribution in [1.29, 1.82) is 0 Å². The minimum absolute atomic E-state index is 0.202. The highest BCUT2D eigenvalue weighted by Gasteiger charge is 2.26. The molecule has 0 fully saturated rings. The van der Waals surface area contributed by atoms with E-state index in [2.05, 4.69) is 10.6 Å². The Morgan fingerprint density at radius 3 is 2.39 bits per heavy atom. The molecule has 2 aromatic carbocycles. The highest BCUT2D eigenvalue weighted by Crippen LogP contribution is 2.17. The summed E-state index contributed by atoms with van der Waals surface area (Å²) in [4.78, 5) is 36.2. The van der Waals surface area contributed by atoms with Gasteiger partial charge in [-0.05, 0) is 43.5 Å². The minimum Gasteiger partial charge on any atom is -0.451 e. The Morgan fingerprint density at radius 2 is 1.75 bits per heavy atom. The lowest BCUT2D eigenvalue weighted by Crippen LogP contribution is -2.47. The Kier molecular flexibility index (Phi) is 7.14. The second kappa shape index (κ2) is 9.55. The summed E-state index contributed by atoms with van der Waals surface area (Å²) in [6.45, 7) is 5.27. The third-order valence-corrected chi connectivity index (χ3v) is 4.20. The van der Waals surface area contributed by atoms with Crippen LogP contribution in [0.3, 0.4) is 0 Å². The molecule has 0 aliphatic rings. The molecule has 0 aromatic heterocycles. The lowest BCUT2D eigenvalue weighted by atomic mass is 10.1. The Labute approximate surface area is 164 Å². The number of nitrogens with two attached hydrogens (primary N) is 1. The molecule has 0 saturated heterocycles. The van der Waals surface area contributed by atoms with Crippen molar-refractivity contribution in [3.63, 3.8) is 0 Å². The van der Waals surface area contributed by atoms with E-state index in [1.165, 1.54) is 6.92 Å². The van der Waals surface area contributed by atoms with Crippen molar-refractivity contribution >= 4 is 23.6 Å². The van der Waals surface area contributed by atoms with Gasteiger partial charge < -0.3 is 21.1 Å². The first-order valence-corrected chi connectivity index (χ1v) is 8.94. The fraction of sp³-hybridized carbons (Fsp3) is 0.286. The minimum atomic E-state index is -1.04. The molecular formula is C21H25N3O4. The number of carbonyl (C=O) groups is 3. The van der Waals surface area contributed by atoms with E-state index < -0.39 is 30.1 Å². The van der Waals surface area contributed by atoms with Crippen molar-refractivity contribution in [3.05, 3.63) is 65.2 Å². The maximum absolute atomic E-state index is 12.5. The number of hydrogen-bond donors (Lipinski definition) is 3. The zero-order valence-electron chi connectivity index (χ0n) is 16.2. The van der Waals surface area contributed by atoms with Crippen LogP contribution in [0.1, 0.15) is 23.6 Å². The van der Waals surface area contributed by atoms with Crippen molar-refractivity contribution in [2.75, 3.05) is 5.32 Å². The smallest absolute Gasteiger partial charge is 0.329 e. The molecule has 2 atom stereocenters. The summed E-state index contributed by atoms with van der Waals surface area (Å²) in [5.74, 6) is -1.19. The molecule has 0 aliphatic carbocycles. The van der Waals surface area contributed by atoms with Gasteiger partial charge in [0, 0.05) is 12.1 Å². The number of aryl methyl sites for hydroxylation is 2. The molecule has 2 rings (SSSR count). The molecular weight excluding hydrogens is 358 g/mol. The molecule has 2 aromatic rings. The summed E-state index contributed by atoms with van der Waals surface area (Å²) in [6, 6.07) is 13.0. The van der Waals surface area contributed by atoms with E-state index in [4.69, 9.17) is 10.5 Å². The zero-order valence-corrected chi connectivity index (χ0v) is 16.2. The number of hydrogen-bond acceptors (Lipinski definition) is 4. The molecule has 0 radical (unpaired) electrons. The second-order valence-electron chi connectivity index (χ2n) is 6.64. The number of rotatable bonds is 7. The van der Waals surface area contributed by atoms with Gasteiger partial charge in [-0.2, -0.15) is 0 Å². The predicted molar refractivity (Wildman–Crippen MR) is 107 cm³/mol. The highest BCUT2D eigenvalue weighted by atomic mass is 16.5. The lowest BCUT2D eigenvalue weighted by Gasteiger charge is -2.20. The van der Waals surface area contributed by atoms with Gasteiger partial charge in [-0.1, -0.05) is 42.5 Å². The van der Waals surface area contributed by atoms with Crippen molar-refractivity contribution < 1.29 is 19.1 Å². The van der Waals surface area contributed by atoms with Crippen molar-refractivity contribution in [1.82, 2.24) is 5.32 Å². The van der Waals surface area contributed by atoms with Crippen molar-refractivity contribution in [3.8, 4) is 0 Å². The van der Waals surface area contributed by atoms with E-state index in [1.54, 1.807) is 0 Å². The van der Waals surface area contributed by atoms with Crippen LogP contribution in [0.4, 0.5) is 10.5 Å². The number of ether oxygens (including phenoxy) is 1. The van der Waals surface area contributed by atoms with E-state index in [0.29, 0.717) is 5.69 Å². The summed E-state index contributed by atoms with van der Waals surface area (Å²) in [7, 11) is 0. The summed E-state index contributed by atoms with van der Waals surface area (Å²) in [6.07, 6.45) is -0.839. The number of anilines is 1. The Bertz CT molecular complexity index is 852. The molecule has 0 aliphatic heterocycles. The third kappa shape index (κ3) is 6.12. The molecule has 4 N–H and O–H groups in total. The molecule has 148 valence electrons. The molecule has 0 unspecified atom stereocenters. The maximum Gasteiger partial charge on any atom is 0.329 e. The molecule has 7 nitrogen and oxygen atoms in total. The van der Waals surface area contributed by atoms with Crippen LogP contribution in [0.25, 0.3) is 0 Å². The number of carbonyl (C=O) groups excluding carboxylic acids is 3. The first kappa shape index (κ1) is 21.0. The normalized spacial score (nSPS) is 12.5. The highest BCUT2D eigenvalue weighted by molar-refractivity contribution is 5.96. The summed E-state index contributed by atoms with van der Waals surface area (Å²) in [5, 5.41) is 5.13. The van der Waals surface area contributed by atoms with E-state index in [-0.39, 0.29) is 6.42 Å². The molecule has 28 heavy (non-hydrogen) atoms. The van der Waals surface area contributed by atoms with Crippen LogP contribution in [-0.2, 0) is 20.7 Å². The fourth-order valence-electron chi connectivity index (χ4n) is 2.63. The van der Waals surface area contributed by atoms with Crippen molar-refractivity contribution in [2.24, 2.45) is 5.73 Å². The van der Waals surface area contributed by atoms with E-state index >= 15 is 0 Å². The zero-order chi connectivity index (χ0) is 20.7. The molecule has 0 spiro atoms. The Hall–Kier alpha value is -3.35. The summed E-state index contributed by atoms with van der Waals surface area (Å²) >= 11 is 0. The van der Waals surface area contributed by atoms with E-state index in [1.807, 2.05) is 62.4 Å². The lowest BCUT2D eigenvalue weighted by molar-refractivity contribution is -0.155. The first-order chi connectivity index (χ1) is 13.3. The molecule has 0 saturated carbocycles. The average molecular weight is 383 g/mol. The van der Waals surface area contributed by atoms with Gasteiger partial charge >= 0.3 is 12.0 Å². The largest absolute Gasteiger partial charge is 0.451 e. The van der Waals surface area contributed by atoms with Crippen LogP contribution in [0.5, 0.6) is 0 Å². The molecule has 3 amide bonds. The maximum atomic E-state index is 12.5. The standard InChI is InChI=1S/C21H25N3O4/c1-13-9-10-14(2)17(11-13)23-19(25)15(3)28-20(26)18(24-21(22)27)12-16-7-5-4-6-8-16/h4-11,15,18H,12H2,1-3H3,(H,23,25)(H3,22,24,27)/t15-,18-/m0/s1. The van der Waals surface area contributed by atoms with Crippen LogP contribution in [-0.4, -0.2) is 30.1 Å². The van der Waals surface area contributed by atoms with Crippen LogP contribution >= 0.6 is 0 Å². The van der Waals surface area contributed by atoms with Gasteiger partial charge in [-0.25, -0.2) is 9.59 Å². The number of nitrogens with one attached hydrogen (secondary N) is 2. The average Bonchev–Trinajstić information content (AvgIpc) is 2.64. The number of esters is 1. The number of primary amides is 1. The second-order valence-corrected chi connectivity index (χ2v) is 6.64. The van der Waals surface area contributed by atoms with E-state index in [9.17, 15) is 14.4 Å². The molecule has 0 heterocycles. The van der Waals surface area contributed by atoms with Crippen LogP contribution in [0, 0.1) is 13.8 Å². The Morgan fingerprint density at radius 1 is 1.07 bits per heavy atom. The van der Waals surface area contributed by atoms with Gasteiger partial charge in [-0.3, -0.25) is 4.79 Å². The predicted octanol–water partition coefficient (Wildman–Crippen LogP) is 2.45. The number of benzene rings is 2. The SMILES string of the molecule is Cc1ccc(C)c(NC(=O)[C@H](C)OC(=O)[C@H](Cc2ccccc2)NC(N)=O)c1. The van der Waals surface area contributed by atoms with Crippen LogP contribution < -0.4 is 16.4 Å². The Balaban J connectivity index is 2.03. The van der Waals surface area contributed by atoms with Gasteiger partial charge in [0.1, 0.15) is 6.04 Å². The monoisotopic (exact) mass is 383 g/mol. The quantitative estimate of drug-likeness (QED) is 0.638. The molecule has 0 bridgehead atoms. The number of urea groups is 1. The summed E-state index contributed by atoms with van der Waals surface area (Å²) < 4.78 is 5.27. The van der Waals surface area contributed by atoms with Gasteiger partial charge in [-0.15, -0.1) is 0 Å². The summed E-state index contributed by atoms with van der Waals surface area (Å²) in [5.41, 5.74) is 8.55. The fourth-order valence-corrected chi connectivity index (χ4v) is 2.63. The first-order valence-electron chi connectivity index (χ1n) is 8.94.